The predicted molar refractivity (Wildman–Crippen MR) is 76.9 cm³/mol. The van der Waals surface area contributed by atoms with Crippen LogP contribution in [0.15, 0.2) is 12.1 Å². The monoisotopic (exact) mass is 275 g/mol. The van der Waals surface area contributed by atoms with Crippen molar-refractivity contribution in [3.8, 4) is 0 Å². The van der Waals surface area contributed by atoms with Crippen LogP contribution in [0.3, 0.4) is 0 Å². The average Bonchev–Trinajstić information content (AvgIpc) is 2.42. The molecule has 1 aromatic rings. The van der Waals surface area contributed by atoms with Crippen molar-refractivity contribution in [1.29, 1.82) is 0 Å². The second-order valence-electron chi connectivity index (χ2n) is 5.68. The molecule has 1 unspecified atom stereocenters. The van der Waals surface area contributed by atoms with Gasteiger partial charge in [-0.25, -0.2) is 0 Å². The number of carboxylic acids is 1. The number of hydrogen-bond acceptors (Lipinski definition) is 2. The van der Waals surface area contributed by atoms with E-state index >= 15 is 0 Å². The maximum atomic E-state index is 12.6. The largest absolute Gasteiger partial charge is 0.481 e. The summed E-state index contributed by atoms with van der Waals surface area (Å²) in [5.41, 5.74) is 3.90. The molecule has 1 heterocycles. The number of carbonyl (C=O) groups excluding carboxylic acids is 1. The van der Waals surface area contributed by atoms with Gasteiger partial charge in [-0.05, 0) is 56.4 Å². The van der Waals surface area contributed by atoms with E-state index in [9.17, 15) is 9.59 Å². The lowest BCUT2D eigenvalue weighted by atomic mass is 9.95. The molecule has 108 valence electrons. The molecule has 1 aliphatic rings. The minimum absolute atomic E-state index is 0.0449. The molecule has 1 atom stereocenters. The highest BCUT2D eigenvalue weighted by molar-refractivity contribution is 5.96. The summed E-state index contributed by atoms with van der Waals surface area (Å²) in [6.07, 6.45) is 1.41. The van der Waals surface area contributed by atoms with E-state index in [2.05, 4.69) is 0 Å². The van der Waals surface area contributed by atoms with Crippen LogP contribution in [0, 0.1) is 26.7 Å². The standard InChI is InChI=1S/C16H21NO3/c1-10-7-12(3)14(8-11(10)2)15(18)17-6-4-5-13(9-17)16(19)20/h7-8,13H,4-6,9H2,1-3H3,(H,19,20). The number of carboxylic acid groups (broad SMARTS) is 1. The Hall–Kier alpha value is -1.84. The van der Waals surface area contributed by atoms with Crippen LogP contribution in [-0.2, 0) is 4.79 Å². The SMILES string of the molecule is Cc1cc(C)c(C(=O)N2CCCC(C(=O)O)C2)cc1C. The summed E-state index contributed by atoms with van der Waals surface area (Å²) in [5.74, 6) is -1.28. The summed E-state index contributed by atoms with van der Waals surface area (Å²) in [7, 11) is 0. The molecule has 1 amide bonds. The minimum atomic E-state index is -0.806. The van der Waals surface area contributed by atoms with Crippen molar-refractivity contribution in [2.45, 2.75) is 33.6 Å². The van der Waals surface area contributed by atoms with Crippen molar-refractivity contribution in [2.75, 3.05) is 13.1 Å². The molecule has 0 aliphatic carbocycles. The summed E-state index contributed by atoms with van der Waals surface area (Å²) in [6, 6.07) is 3.93. The quantitative estimate of drug-likeness (QED) is 0.902. The van der Waals surface area contributed by atoms with Crippen LogP contribution in [0.5, 0.6) is 0 Å². The van der Waals surface area contributed by atoms with Crippen LogP contribution < -0.4 is 0 Å². The van der Waals surface area contributed by atoms with Crippen molar-refractivity contribution in [3.63, 3.8) is 0 Å². The first-order valence-corrected chi connectivity index (χ1v) is 7.00. The highest BCUT2D eigenvalue weighted by Crippen LogP contribution is 2.22. The van der Waals surface area contributed by atoms with Crippen LogP contribution in [0.4, 0.5) is 0 Å². The number of aliphatic carboxylic acids is 1. The minimum Gasteiger partial charge on any atom is -0.481 e. The maximum Gasteiger partial charge on any atom is 0.308 e. The summed E-state index contributed by atoms with van der Waals surface area (Å²) in [6.45, 7) is 6.91. The Labute approximate surface area is 119 Å². The van der Waals surface area contributed by atoms with Gasteiger partial charge in [0.25, 0.3) is 5.91 Å². The number of likely N-dealkylation sites (tertiary alicyclic amines) is 1. The lowest BCUT2D eigenvalue weighted by Gasteiger charge is -2.31. The molecule has 0 bridgehead atoms. The number of nitrogens with zero attached hydrogens (tertiary/aromatic N) is 1. The third-order valence-electron chi connectivity index (χ3n) is 4.13. The van der Waals surface area contributed by atoms with Gasteiger partial charge in [-0.1, -0.05) is 6.07 Å². The fourth-order valence-corrected chi connectivity index (χ4v) is 2.72. The van der Waals surface area contributed by atoms with Gasteiger partial charge in [-0.15, -0.1) is 0 Å². The molecular formula is C16H21NO3. The Balaban J connectivity index is 2.23. The second-order valence-corrected chi connectivity index (χ2v) is 5.68. The lowest BCUT2D eigenvalue weighted by Crippen LogP contribution is -2.42. The molecule has 0 saturated carbocycles. The van der Waals surface area contributed by atoms with Gasteiger partial charge in [0.05, 0.1) is 5.92 Å². The number of carbonyl (C=O) groups is 2. The molecule has 1 aliphatic heterocycles. The predicted octanol–water partition coefficient (Wildman–Crippen LogP) is 2.55. The van der Waals surface area contributed by atoms with E-state index in [1.54, 1.807) is 4.90 Å². The van der Waals surface area contributed by atoms with Gasteiger partial charge in [-0.2, -0.15) is 0 Å². The fourth-order valence-electron chi connectivity index (χ4n) is 2.72. The zero-order chi connectivity index (χ0) is 14.9. The van der Waals surface area contributed by atoms with Crippen LogP contribution in [-0.4, -0.2) is 35.0 Å². The number of rotatable bonds is 2. The Morgan fingerprint density at radius 2 is 1.80 bits per heavy atom. The molecule has 0 radical (unpaired) electrons. The number of hydrogen-bond donors (Lipinski definition) is 1. The van der Waals surface area contributed by atoms with Crippen molar-refractivity contribution < 1.29 is 14.7 Å². The zero-order valence-corrected chi connectivity index (χ0v) is 12.3. The normalized spacial score (nSPS) is 18.9. The Bertz CT molecular complexity index is 551. The third-order valence-corrected chi connectivity index (χ3v) is 4.13. The van der Waals surface area contributed by atoms with E-state index in [1.807, 2.05) is 32.9 Å². The van der Waals surface area contributed by atoms with Crippen LogP contribution in [0.25, 0.3) is 0 Å². The molecule has 20 heavy (non-hydrogen) atoms. The van der Waals surface area contributed by atoms with E-state index in [4.69, 9.17) is 5.11 Å². The topological polar surface area (TPSA) is 57.6 Å². The number of benzene rings is 1. The van der Waals surface area contributed by atoms with Gasteiger partial charge in [0, 0.05) is 18.7 Å². The third kappa shape index (κ3) is 2.84. The molecule has 4 heteroatoms. The van der Waals surface area contributed by atoms with Crippen LogP contribution in [0.2, 0.25) is 0 Å². The van der Waals surface area contributed by atoms with E-state index < -0.39 is 11.9 Å². The van der Waals surface area contributed by atoms with E-state index in [-0.39, 0.29) is 5.91 Å². The van der Waals surface area contributed by atoms with Gasteiger partial charge in [0.2, 0.25) is 0 Å². The van der Waals surface area contributed by atoms with Gasteiger partial charge in [0.15, 0.2) is 0 Å². The summed E-state index contributed by atoms with van der Waals surface area (Å²) >= 11 is 0. The smallest absolute Gasteiger partial charge is 0.308 e. The van der Waals surface area contributed by atoms with Gasteiger partial charge >= 0.3 is 5.97 Å². The first-order valence-electron chi connectivity index (χ1n) is 7.00. The molecular weight excluding hydrogens is 254 g/mol. The van der Waals surface area contributed by atoms with E-state index in [1.165, 1.54) is 5.56 Å². The van der Waals surface area contributed by atoms with E-state index in [0.717, 1.165) is 17.5 Å². The van der Waals surface area contributed by atoms with Crippen molar-refractivity contribution >= 4 is 11.9 Å². The molecule has 0 spiro atoms. The average molecular weight is 275 g/mol. The molecule has 2 rings (SSSR count). The van der Waals surface area contributed by atoms with Crippen LogP contribution in [0.1, 0.15) is 39.9 Å². The molecule has 1 N–H and O–H groups in total. The van der Waals surface area contributed by atoms with Gasteiger partial charge in [-0.3, -0.25) is 9.59 Å². The first-order chi connectivity index (χ1) is 9.40. The van der Waals surface area contributed by atoms with Crippen LogP contribution >= 0.6 is 0 Å². The fraction of sp³-hybridized carbons (Fsp3) is 0.500. The summed E-state index contributed by atoms with van der Waals surface area (Å²) < 4.78 is 0. The molecule has 1 aromatic carbocycles. The molecule has 4 nitrogen and oxygen atoms in total. The second kappa shape index (κ2) is 5.65. The Kier molecular flexibility index (Phi) is 4.12. The van der Waals surface area contributed by atoms with Crippen molar-refractivity contribution in [2.24, 2.45) is 5.92 Å². The van der Waals surface area contributed by atoms with Gasteiger partial charge in [0.1, 0.15) is 0 Å². The maximum absolute atomic E-state index is 12.6. The van der Waals surface area contributed by atoms with E-state index in [0.29, 0.717) is 25.1 Å². The lowest BCUT2D eigenvalue weighted by molar-refractivity contribution is -0.143. The zero-order valence-electron chi connectivity index (χ0n) is 12.3. The Morgan fingerprint density at radius 3 is 2.45 bits per heavy atom. The summed E-state index contributed by atoms with van der Waals surface area (Å²) in [4.78, 5) is 25.4. The van der Waals surface area contributed by atoms with Crippen molar-refractivity contribution in [1.82, 2.24) is 4.90 Å². The Morgan fingerprint density at radius 1 is 1.15 bits per heavy atom. The number of piperidine rings is 1. The number of amides is 1. The summed E-state index contributed by atoms with van der Waals surface area (Å²) in [5, 5.41) is 9.11. The first kappa shape index (κ1) is 14.6. The highest BCUT2D eigenvalue weighted by atomic mass is 16.4. The molecule has 1 saturated heterocycles. The van der Waals surface area contributed by atoms with Crippen molar-refractivity contribution in [3.05, 3.63) is 34.4 Å². The number of aryl methyl sites for hydroxylation is 3. The van der Waals surface area contributed by atoms with Gasteiger partial charge < -0.3 is 10.0 Å². The highest BCUT2D eigenvalue weighted by Gasteiger charge is 2.29. The molecule has 1 fully saturated rings. The molecule has 0 aromatic heterocycles.